The van der Waals surface area contributed by atoms with Gasteiger partial charge in [-0.1, -0.05) is 0 Å². The predicted molar refractivity (Wildman–Crippen MR) is 36.3 cm³/mol. The van der Waals surface area contributed by atoms with Crippen molar-refractivity contribution in [2.24, 2.45) is 5.73 Å². The molecule has 0 saturated carbocycles. The molecule has 0 aliphatic heterocycles. The van der Waals surface area contributed by atoms with Gasteiger partial charge in [0, 0.05) is 0 Å². The number of hydrogen-bond acceptors (Lipinski definition) is 3. The Morgan fingerprint density at radius 3 is 2.80 bits per heavy atom. The molecule has 10 heavy (non-hydrogen) atoms. The lowest BCUT2D eigenvalue weighted by Gasteiger charge is -1.93. The summed E-state index contributed by atoms with van der Waals surface area (Å²) in [4.78, 5) is 0. The number of nitrogens with two attached hydrogens (primary N) is 1. The van der Waals surface area contributed by atoms with E-state index >= 15 is 0 Å². The van der Waals surface area contributed by atoms with Gasteiger partial charge in [-0.3, -0.25) is 0 Å². The molecule has 1 heterocycles. The molecule has 1 atom stereocenters. The van der Waals surface area contributed by atoms with Crippen LogP contribution in [0.3, 0.4) is 0 Å². The van der Waals surface area contributed by atoms with Crippen molar-refractivity contribution in [1.82, 2.24) is 0 Å². The predicted octanol–water partition coefficient (Wildman–Crippen LogP) is 1.46. The second kappa shape index (κ2) is 2.74. The zero-order valence-electron chi connectivity index (χ0n) is 5.04. The summed E-state index contributed by atoms with van der Waals surface area (Å²) in [5.74, 6) is 0.396. The van der Waals surface area contributed by atoms with Crippen LogP contribution in [0.4, 0.5) is 0 Å². The summed E-state index contributed by atoms with van der Waals surface area (Å²) in [6.45, 7) is 0. The topological polar surface area (TPSA) is 63.0 Å². The molecule has 0 aliphatic carbocycles. The minimum absolute atomic E-state index is 0.251. The van der Waals surface area contributed by atoms with E-state index in [0.717, 1.165) is 0 Å². The maximum absolute atomic E-state index is 8.32. The lowest BCUT2D eigenvalue weighted by Crippen LogP contribution is -2.05. The lowest BCUT2D eigenvalue weighted by atomic mass is 10.3. The summed E-state index contributed by atoms with van der Waals surface area (Å²) >= 11 is 5.43. The average molecular weight is 157 g/mol. The van der Waals surface area contributed by atoms with Gasteiger partial charge in [0.25, 0.3) is 0 Å². The van der Waals surface area contributed by atoms with E-state index in [9.17, 15) is 0 Å². The van der Waals surface area contributed by atoms with Crippen LogP contribution in [0.25, 0.3) is 0 Å². The smallest absolute Gasteiger partial charge is 0.193 e. The Morgan fingerprint density at radius 2 is 2.40 bits per heavy atom. The van der Waals surface area contributed by atoms with Crippen molar-refractivity contribution in [2.45, 2.75) is 6.04 Å². The van der Waals surface area contributed by atoms with Gasteiger partial charge < -0.3 is 10.2 Å². The first-order valence-electron chi connectivity index (χ1n) is 2.64. The Morgan fingerprint density at radius 1 is 1.70 bits per heavy atom. The standard InChI is InChI=1S/C6H5ClN2O/c7-6-2-1-5(10-6)4(9)3-8/h1-2,4H,9H2/t4-/m0/s1. The van der Waals surface area contributed by atoms with Gasteiger partial charge in [0.05, 0.1) is 6.07 Å². The van der Waals surface area contributed by atoms with E-state index in [1.54, 1.807) is 12.1 Å². The first-order valence-corrected chi connectivity index (χ1v) is 3.02. The van der Waals surface area contributed by atoms with Crippen molar-refractivity contribution in [3.8, 4) is 6.07 Å². The molecule has 52 valence electrons. The van der Waals surface area contributed by atoms with E-state index in [4.69, 9.17) is 27.0 Å². The fourth-order valence-electron chi connectivity index (χ4n) is 0.559. The van der Waals surface area contributed by atoms with Crippen molar-refractivity contribution < 1.29 is 4.42 Å². The van der Waals surface area contributed by atoms with Gasteiger partial charge in [-0.05, 0) is 23.7 Å². The minimum Gasteiger partial charge on any atom is -0.447 e. The Hall–Kier alpha value is -0.980. The van der Waals surface area contributed by atoms with E-state index in [-0.39, 0.29) is 5.22 Å². The molecule has 0 fully saturated rings. The fourth-order valence-corrected chi connectivity index (χ4v) is 0.711. The molecule has 0 bridgehead atoms. The number of nitriles is 1. The van der Waals surface area contributed by atoms with E-state index in [1.807, 2.05) is 6.07 Å². The number of furan rings is 1. The Labute approximate surface area is 63.0 Å². The van der Waals surface area contributed by atoms with Crippen LogP contribution in [-0.2, 0) is 0 Å². The Kier molecular flexibility index (Phi) is 1.95. The van der Waals surface area contributed by atoms with Gasteiger partial charge in [-0.15, -0.1) is 0 Å². The molecule has 1 aromatic heterocycles. The van der Waals surface area contributed by atoms with Gasteiger partial charge in [0.2, 0.25) is 0 Å². The van der Waals surface area contributed by atoms with Crippen molar-refractivity contribution in [2.75, 3.05) is 0 Å². The van der Waals surface area contributed by atoms with Crippen LogP contribution in [0.5, 0.6) is 0 Å². The molecule has 0 aromatic carbocycles. The molecule has 0 unspecified atom stereocenters. The molecule has 4 heteroatoms. The van der Waals surface area contributed by atoms with Crippen molar-refractivity contribution in [1.29, 1.82) is 5.26 Å². The number of rotatable bonds is 1. The molecule has 3 nitrogen and oxygen atoms in total. The van der Waals surface area contributed by atoms with Gasteiger partial charge in [-0.2, -0.15) is 5.26 Å². The van der Waals surface area contributed by atoms with Crippen LogP contribution in [-0.4, -0.2) is 0 Å². The second-order valence-electron chi connectivity index (χ2n) is 1.75. The Balaban J connectivity index is 2.87. The highest BCUT2D eigenvalue weighted by Crippen LogP contribution is 2.17. The van der Waals surface area contributed by atoms with Crippen molar-refractivity contribution >= 4 is 11.6 Å². The summed E-state index contributed by atoms with van der Waals surface area (Å²) in [5.41, 5.74) is 5.29. The minimum atomic E-state index is -0.715. The fraction of sp³-hybridized carbons (Fsp3) is 0.167. The van der Waals surface area contributed by atoms with Crippen LogP contribution in [0.2, 0.25) is 5.22 Å². The van der Waals surface area contributed by atoms with E-state index < -0.39 is 6.04 Å². The highest BCUT2D eigenvalue weighted by Gasteiger charge is 2.07. The molecule has 0 amide bonds. The first kappa shape index (κ1) is 7.13. The number of halogens is 1. The average Bonchev–Trinajstić information content (AvgIpc) is 2.34. The molecule has 1 aromatic rings. The molecule has 1 rings (SSSR count). The van der Waals surface area contributed by atoms with Gasteiger partial charge in [0.15, 0.2) is 11.3 Å². The maximum Gasteiger partial charge on any atom is 0.193 e. The van der Waals surface area contributed by atoms with Crippen LogP contribution in [0.1, 0.15) is 11.8 Å². The summed E-state index contributed by atoms with van der Waals surface area (Å²) < 4.78 is 4.85. The summed E-state index contributed by atoms with van der Waals surface area (Å²) in [6, 6.07) is 4.23. The van der Waals surface area contributed by atoms with Crippen molar-refractivity contribution in [3.63, 3.8) is 0 Å². The highest BCUT2D eigenvalue weighted by atomic mass is 35.5. The van der Waals surface area contributed by atoms with Crippen LogP contribution in [0.15, 0.2) is 16.5 Å². The quantitative estimate of drug-likeness (QED) is 0.670. The molecular weight excluding hydrogens is 152 g/mol. The summed E-state index contributed by atoms with van der Waals surface area (Å²) in [5, 5.41) is 8.57. The van der Waals surface area contributed by atoms with Crippen LogP contribution >= 0.6 is 11.6 Å². The Bertz CT molecular complexity index is 263. The monoisotopic (exact) mass is 156 g/mol. The molecule has 0 radical (unpaired) electrons. The van der Waals surface area contributed by atoms with Gasteiger partial charge in [0.1, 0.15) is 5.76 Å². The third-order valence-corrected chi connectivity index (χ3v) is 1.24. The van der Waals surface area contributed by atoms with E-state index in [1.165, 1.54) is 0 Å². The molecule has 0 spiro atoms. The molecular formula is C6H5ClN2O. The van der Waals surface area contributed by atoms with Crippen molar-refractivity contribution in [3.05, 3.63) is 23.1 Å². The first-order chi connectivity index (χ1) is 4.74. The van der Waals surface area contributed by atoms with Crippen LogP contribution in [0, 0.1) is 11.3 Å². The second-order valence-corrected chi connectivity index (χ2v) is 2.12. The highest BCUT2D eigenvalue weighted by molar-refractivity contribution is 6.28. The number of nitrogens with zero attached hydrogens (tertiary/aromatic N) is 1. The third kappa shape index (κ3) is 1.29. The largest absolute Gasteiger partial charge is 0.447 e. The zero-order valence-corrected chi connectivity index (χ0v) is 5.80. The summed E-state index contributed by atoms with van der Waals surface area (Å²) in [6.07, 6.45) is 0. The zero-order chi connectivity index (χ0) is 7.56. The maximum atomic E-state index is 8.32. The lowest BCUT2D eigenvalue weighted by molar-refractivity contribution is 0.498. The normalized spacial score (nSPS) is 12.5. The molecule has 0 aliphatic rings. The molecule has 2 N–H and O–H groups in total. The third-order valence-electron chi connectivity index (χ3n) is 1.04. The van der Waals surface area contributed by atoms with Gasteiger partial charge >= 0.3 is 0 Å². The summed E-state index contributed by atoms with van der Waals surface area (Å²) in [7, 11) is 0. The SMILES string of the molecule is N#C[C@H](N)c1ccc(Cl)o1. The van der Waals surface area contributed by atoms with Gasteiger partial charge in [-0.25, -0.2) is 0 Å². The van der Waals surface area contributed by atoms with E-state index in [0.29, 0.717) is 5.76 Å². The van der Waals surface area contributed by atoms with E-state index in [2.05, 4.69) is 0 Å². The molecule has 0 saturated heterocycles. The number of hydrogen-bond donors (Lipinski definition) is 1. The van der Waals surface area contributed by atoms with Crippen LogP contribution < -0.4 is 5.73 Å².